The van der Waals surface area contributed by atoms with Crippen molar-refractivity contribution in [2.45, 2.75) is 110 Å². The van der Waals surface area contributed by atoms with Crippen molar-refractivity contribution in [1.29, 1.82) is 0 Å². The Morgan fingerprint density at radius 1 is 1.09 bits per heavy atom. The number of pyridine rings is 1. The highest BCUT2D eigenvalue weighted by atomic mass is 16.5. The molecule has 2 aromatic heterocycles. The number of hydrazine groups is 1. The number of hydrogen-bond donors (Lipinski definition) is 3. The fourth-order valence-corrected chi connectivity index (χ4v) is 9.97. The number of nitrogens with two attached hydrogens (primary N) is 1. The Bertz CT molecular complexity index is 2520. The molecule has 1 unspecified atom stereocenters. The number of fused-ring (bicyclic) bond motifs is 6. The summed E-state index contributed by atoms with van der Waals surface area (Å²) in [6.07, 6.45) is 4.63. The Morgan fingerprint density at radius 2 is 1.85 bits per heavy atom. The molecule has 352 valence electrons. The van der Waals surface area contributed by atoms with Gasteiger partial charge < -0.3 is 34.9 Å². The summed E-state index contributed by atoms with van der Waals surface area (Å²) in [6, 6.07) is 15.6. The number of rotatable bonds is 10. The molecule has 2 fully saturated rings. The Kier molecular flexibility index (Phi) is 14.2. The summed E-state index contributed by atoms with van der Waals surface area (Å²) in [6.45, 7) is 16.9. The first-order chi connectivity index (χ1) is 31.4. The summed E-state index contributed by atoms with van der Waals surface area (Å²) >= 11 is 0. The van der Waals surface area contributed by atoms with Crippen LogP contribution in [-0.4, -0.2) is 118 Å². The van der Waals surface area contributed by atoms with Gasteiger partial charge in [0.15, 0.2) is 0 Å². The van der Waals surface area contributed by atoms with Crippen molar-refractivity contribution in [3.63, 3.8) is 0 Å². The molecule has 3 aliphatic heterocycles. The van der Waals surface area contributed by atoms with Gasteiger partial charge in [0, 0.05) is 74.8 Å². The van der Waals surface area contributed by atoms with Crippen LogP contribution in [0.15, 0.2) is 73.4 Å². The number of likely N-dealkylation sites (N-methyl/N-ethyl adjacent to an activating group) is 1. The van der Waals surface area contributed by atoms with Crippen molar-refractivity contribution in [2.75, 3.05) is 40.4 Å². The van der Waals surface area contributed by atoms with Gasteiger partial charge in [-0.15, -0.1) is 0 Å². The van der Waals surface area contributed by atoms with E-state index in [-0.39, 0.29) is 50.5 Å². The van der Waals surface area contributed by atoms with E-state index in [1.807, 2.05) is 51.1 Å². The van der Waals surface area contributed by atoms with Crippen molar-refractivity contribution in [3.8, 4) is 22.4 Å². The fourth-order valence-electron chi connectivity index (χ4n) is 9.97. The molecule has 15 nitrogen and oxygen atoms in total. The molecule has 66 heavy (non-hydrogen) atoms. The highest BCUT2D eigenvalue weighted by Gasteiger charge is 2.47. The van der Waals surface area contributed by atoms with Crippen LogP contribution in [0.1, 0.15) is 83.7 Å². The second-order valence-corrected chi connectivity index (χ2v) is 19.3. The average Bonchev–Trinajstić information content (AvgIpc) is 3.86. The zero-order valence-corrected chi connectivity index (χ0v) is 39.7. The smallest absolute Gasteiger partial charge is 0.324 e. The second kappa shape index (κ2) is 19.5. The lowest BCUT2D eigenvalue weighted by Crippen LogP contribution is -2.64. The Balaban J connectivity index is 1.29. The third-order valence-corrected chi connectivity index (χ3v) is 13.5. The highest BCUT2D eigenvalue weighted by molar-refractivity contribution is 5.97. The number of nitrogens with zero attached hydrogens (tertiary/aromatic N) is 5. The summed E-state index contributed by atoms with van der Waals surface area (Å²) in [5.74, 6) is -2.59. The minimum atomic E-state index is -1.40. The van der Waals surface area contributed by atoms with Gasteiger partial charge in [-0.1, -0.05) is 64.6 Å². The zero-order chi connectivity index (χ0) is 47.7. The normalized spacial score (nSPS) is 22.1. The number of nitrogens with one attached hydrogen (secondary N) is 2. The number of carbonyl (C=O) groups excluding carboxylic acids is 5. The van der Waals surface area contributed by atoms with Crippen molar-refractivity contribution in [1.82, 2.24) is 35.1 Å². The van der Waals surface area contributed by atoms with E-state index >= 15 is 0 Å². The van der Waals surface area contributed by atoms with Crippen LogP contribution in [0.3, 0.4) is 0 Å². The van der Waals surface area contributed by atoms with E-state index in [2.05, 4.69) is 66.9 Å². The number of likely N-dealkylation sites (tertiary alicyclic amines) is 1. The number of hydrogen-bond acceptors (Lipinski definition) is 10. The van der Waals surface area contributed by atoms with Crippen LogP contribution in [0, 0.1) is 11.3 Å². The van der Waals surface area contributed by atoms with Gasteiger partial charge in [-0.05, 0) is 98.0 Å². The van der Waals surface area contributed by atoms with Gasteiger partial charge in [0.25, 0.3) is 5.91 Å². The predicted octanol–water partition coefficient (Wildman–Crippen LogP) is 5.34. The molecule has 15 heteroatoms. The SMILES string of the molecule is C=CC(=O)N1CC[C@](N)(C(=O)N(C)C(C(=O)N[C@H]2Cc3cccc(c3)-c3ccc4c(c3)c(c(-c3cccnc3[C@H](C)OC)n4CC)CC(C)(C)COC(=O)[C@@H]3CCCN(N3)C2=O)C(C)C)C1. The van der Waals surface area contributed by atoms with E-state index in [0.717, 1.165) is 50.1 Å². The Labute approximate surface area is 388 Å². The molecule has 0 aliphatic carbocycles. The lowest BCUT2D eigenvalue weighted by atomic mass is 9.84. The number of cyclic esters (lactones) is 1. The minimum absolute atomic E-state index is 0.00835. The maximum absolute atomic E-state index is 14.7. The first-order valence-corrected chi connectivity index (χ1v) is 23.1. The third-order valence-electron chi connectivity index (χ3n) is 13.5. The molecular weight excluding hydrogens is 837 g/mol. The molecular formula is C51H66N8O7. The maximum Gasteiger partial charge on any atom is 0.324 e. The lowest BCUT2D eigenvalue weighted by molar-refractivity contribution is -0.155. The number of amides is 4. The van der Waals surface area contributed by atoms with Crippen molar-refractivity contribution in [3.05, 3.63) is 90.3 Å². The molecule has 5 heterocycles. The molecule has 2 aromatic carbocycles. The van der Waals surface area contributed by atoms with E-state index in [1.54, 1.807) is 13.3 Å². The maximum atomic E-state index is 14.7. The predicted molar refractivity (Wildman–Crippen MR) is 253 cm³/mol. The first-order valence-electron chi connectivity index (χ1n) is 23.1. The number of ether oxygens (including phenoxy) is 2. The molecule has 0 saturated carbocycles. The molecule has 4 N–H and O–H groups in total. The van der Waals surface area contributed by atoms with Crippen LogP contribution in [0.5, 0.6) is 0 Å². The van der Waals surface area contributed by atoms with Crippen molar-refractivity contribution >= 4 is 40.5 Å². The Morgan fingerprint density at radius 3 is 2.56 bits per heavy atom. The molecule has 4 aromatic rings. The summed E-state index contributed by atoms with van der Waals surface area (Å²) in [5, 5.41) is 5.52. The van der Waals surface area contributed by atoms with E-state index in [1.165, 1.54) is 27.9 Å². The van der Waals surface area contributed by atoms with Gasteiger partial charge >= 0.3 is 5.97 Å². The standard InChI is InChI=1S/C51H66N8O7/c1-10-42(60)57-24-21-51(52,29-57)49(64)56(8)44(31(3)4)46(61)54-40-26-33-15-12-16-34(25-33)35-19-20-41-37(27-35)38(45(58(41)11-2)36-17-13-22-53-43(36)32(5)65-9)28-50(6,7)30-66-48(63)39-18-14-23-59(55-39)47(40)62/h10,12-13,15-17,19-20,22,25,27,31-32,39-40,44,55H,1,11,14,18,21,23-24,26,28-30,52H2,2-9H3,(H,54,61)/t32-,39-,40-,44?,51+/m0/s1. The van der Waals surface area contributed by atoms with Gasteiger partial charge in [-0.25, -0.2) is 5.43 Å². The molecule has 4 amide bonds. The highest BCUT2D eigenvalue weighted by Crippen LogP contribution is 2.42. The number of esters is 1. The molecule has 7 rings (SSSR count). The first kappa shape index (κ1) is 48.0. The van der Waals surface area contributed by atoms with E-state index in [9.17, 15) is 24.0 Å². The number of aromatic nitrogens is 2. The number of benzene rings is 2. The van der Waals surface area contributed by atoms with Crippen molar-refractivity contribution in [2.24, 2.45) is 17.1 Å². The largest absolute Gasteiger partial charge is 0.464 e. The monoisotopic (exact) mass is 903 g/mol. The average molecular weight is 903 g/mol. The number of methoxy groups -OCH3 is 1. The fraction of sp³-hybridized carbons (Fsp3) is 0.490. The van der Waals surface area contributed by atoms with Crippen LogP contribution >= 0.6 is 0 Å². The summed E-state index contributed by atoms with van der Waals surface area (Å²) in [4.78, 5) is 77.3. The van der Waals surface area contributed by atoms with Crippen LogP contribution in [0.4, 0.5) is 0 Å². The van der Waals surface area contributed by atoms with Gasteiger partial charge in [0.1, 0.15) is 23.7 Å². The topological polar surface area (TPSA) is 181 Å². The Hall–Kier alpha value is -5.90. The molecule has 2 saturated heterocycles. The number of carbonyl (C=O) groups is 5. The van der Waals surface area contributed by atoms with Gasteiger partial charge in [0.2, 0.25) is 17.7 Å². The molecule has 5 atom stereocenters. The van der Waals surface area contributed by atoms with Gasteiger partial charge in [-0.3, -0.25) is 34.0 Å². The zero-order valence-electron chi connectivity index (χ0n) is 39.7. The summed E-state index contributed by atoms with van der Waals surface area (Å²) in [7, 11) is 3.22. The van der Waals surface area contributed by atoms with Crippen LogP contribution in [0.25, 0.3) is 33.3 Å². The molecule has 0 spiro atoms. The quantitative estimate of drug-likeness (QED) is 0.139. The third kappa shape index (κ3) is 9.65. The minimum Gasteiger partial charge on any atom is -0.464 e. The van der Waals surface area contributed by atoms with Crippen LogP contribution < -0.4 is 16.5 Å². The summed E-state index contributed by atoms with van der Waals surface area (Å²) in [5.41, 5.74) is 15.6. The molecule has 0 radical (unpaired) electrons. The summed E-state index contributed by atoms with van der Waals surface area (Å²) < 4.78 is 14.3. The second-order valence-electron chi connectivity index (χ2n) is 19.3. The number of aryl methyl sites for hydroxylation is 1. The van der Waals surface area contributed by atoms with Crippen LogP contribution in [-0.2, 0) is 52.8 Å². The van der Waals surface area contributed by atoms with Gasteiger partial charge in [-0.2, -0.15) is 0 Å². The van der Waals surface area contributed by atoms with Crippen LogP contribution in [0.2, 0.25) is 0 Å². The van der Waals surface area contributed by atoms with Crippen molar-refractivity contribution < 1.29 is 33.4 Å². The molecule has 6 bridgehead atoms. The molecule has 3 aliphatic rings. The van der Waals surface area contributed by atoms with Gasteiger partial charge in [0.05, 0.1) is 24.1 Å². The lowest BCUT2D eigenvalue weighted by Gasteiger charge is -2.38. The van der Waals surface area contributed by atoms with E-state index in [0.29, 0.717) is 32.4 Å². The van der Waals surface area contributed by atoms with E-state index in [4.69, 9.17) is 20.2 Å². The van der Waals surface area contributed by atoms with E-state index < -0.39 is 52.8 Å².